The van der Waals surface area contributed by atoms with E-state index >= 15 is 0 Å². The number of carbonyl (C=O) groups excluding carboxylic acids is 1. The summed E-state index contributed by atoms with van der Waals surface area (Å²) in [5.41, 5.74) is 3.32. The molecule has 0 radical (unpaired) electrons. The normalized spacial score (nSPS) is 15.2. The Balaban J connectivity index is 2.12. The Morgan fingerprint density at radius 2 is 2.12 bits per heavy atom. The molecule has 3 nitrogen and oxygen atoms in total. The fourth-order valence-electron chi connectivity index (χ4n) is 1.98. The van der Waals surface area contributed by atoms with Crippen LogP contribution in [-0.2, 0) is 0 Å². The molecule has 1 heterocycles. The van der Waals surface area contributed by atoms with Gasteiger partial charge in [-0.3, -0.25) is 4.79 Å². The van der Waals surface area contributed by atoms with Gasteiger partial charge in [0, 0.05) is 18.7 Å². The van der Waals surface area contributed by atoms with Crippen LogP contribution in [0.4, 0.5) is 0 Å². The molecule has 2 rings (SSSR count). The first-order chi connectivity index (χ1) is 8.31. The van der Waals surface area contributed by atoms with Crippen molar-refractivity contribution in [1.29, 1.82) is 0 Å². The summed E-state index contributed by atoms with van der Waals surface area (Å²) in [5, 5.41) is 6.09. The van der Waals surface area contributed by atoms with Crippen LogP contribution in [0.3, 0.4) is 0 Å². The van der Waals surface area contributed by atoms with Crippen LogP contribution in [0, 0.1) is 0 Å². The zero-order valence-electron chi connectivity index (χ0n) is 10.1. The van der Waals surface area contributed by atoms with Crippen molar-refractivity contribution in [3.63, 3.8) is 0 Å². The highest BCUT2D eigenvalue weighted by atomic mass is 16.1. The van der Waals surface area contributed by atoms with E-state index in [1.807, 2.05) is 31.2 Å². The molecular formula is C14H18N2O. The smallest absolute Gasteiger partial charge is 0.251 e. The molecule has 0 unspecified atom stereocenters. The molecular weight excluding hydrogens is 212 g/mol. The zero-order valence-corrected chi connectivity index (χ0v) is 10.1. The van der Waals surface area contributed by atoms with Crippen LogP contribution in [-0.4, -0.2) is 25.5 Å². The monoisotopic (exact) mass is 230 g/mol. The Kier molecular flexibility index (Phi) is 3.94. The minimum Gasteiger partial charge on any atom is -0.352 e. The maximum absolute atomic E-state index is 11.6. The van der Waals surface area contributed by atoms with Crippen molar-refractivity contribution in [2.24, 2.45) is 0 Å². The highest BCUT2D eigenvalue weighted by molar-refractivity contribution is 5.94. The molecule has 0 fully saturated rings. The molecule has 1 aromatic carbocycles. The van der Waals surface area contributed by atoms with Gasteiger partial charge in [-0.25, -0.2) is 0 Å². The molecule has 90 valence electrons. The highest BCUT2D eigenvalue weighted by Gasteiger charge is 2.07. The molecule has 3 heteroatoms. The third kappa shape index (κ3) is 2.94. The first kappa shape index (κ1) is 11.9. The minimum absolute atomic E-state index is 0.00154. The zero-order chi connectivity index (χ0) is 12.1. The van der Waals surface area contributed by atoms with Gasteiger partial charge in [0.25, 0.3) is 5.91 Å². The average molecular weight is 230 g/mol. The van der Waals surface area contributed by atoms with Crippen LogP contribution in [0.15, 0.2) is 30.3 Å². The number of hydrogen-bond acceptors (Lipinski definition) is 2. The van der Waals surface area contributed by atoms with E-state index in [-0.39, 0.29) is 5.91 Å². The fraction of sp³-hybridized carbons (Fsp3) is 0.357. The van der Waals surface area contributed by atoms with Crippen molar-refractivity contribution < 1.29 is 4.79 Å². The molecule has 0 aliphatic carbocycles. The first-order valence-corrected chi connectivity index (χ1v) is 6.09. The lowest BCUT2D eigenvalue weighted by atomic mass is 9.99. The molecule has 0 spiro atoms. The largest absolute Gasteiger partial charge is 0.352 e. The van der Waals surface area contributed by atoms with Gasteiger partial charge in [0.2, 0.25) is 0 Å². The first-order valence-electron chi connectivity index (χ1n) is 6.09. The van der Waals surface area contributed by atoms with Crippen LogP contribution in [0.5, 0.6) is 0 Å². The van der Waals surface area contributed by atoms with Crippen molar-refractivity contribution in [2.45, 2.75) is 13.3 Å². The van der Waals surface area contributed by atoms with Crippen molar-refractivity contribution in [1.82, 2.24) is 10.6 Å². The molecule has 1 amide bonds. The molecule has 0 saturated carbocycles. The third-order valence-corrected chi connectivity index (χ3v) is 2.92. The number of nitrogens with one attached hydrogen (secondary N) is 2. The van der Waals surface area contributed by atoms with Crippen LogP contribution < -0.4 is 10.6 Å². The Hall–Kier alpha value is -1.61. The Bertz CT molecular complexity index is 420. The highest BCUT2D eigenvalue weighted by Crippen LogP contribution is 2.19. The van der Waals surface area contributed by atoms with Crippen molar-refractivity contribution in [2.75, 3.05) is 19.6 Å². The summed E-state index contributed by atoms with van der Waals surface area (Å²) in [6.07, 6.45) is 3.27. The quantitative estimate of drug-likeness (QED) is 0.831. The van der Waals surface area contributed by atoms with Gasteiger partial charge in [-0.1, -0.05) is 18.2 Å². The van der Waals surface area contributed by atoms with Crippen LogP contribution in [0.25, 0.3) is 5.57 Å². The summed E-state index contributed by atoms with van der Waals surface area (Å²) in [5.74, 6) is -0.00154. The Morgan fingerprint density at radius 3 is 2.71 bits per heavy atom. The van der Waals surface area contributed by atoms with E-state index in [9.17, 15) is 4.79 Å². The van der Waals surface area contributed by atoms with Crippen LogP contribution >= 0.6 is 0 Å². The van der Waals surface area contributed by atoms with Gasteiger partial charge in [-0.05, 0) is 43.2 Å². The number of hydrogen-bond donors (Lipinski definition) is 2. The SMILES string of the molecule is CCNC(=O)c1ccc(C2=CCNCC2)cc1. The number of rotatable bonds is 3. The molecule has 1 aliphatic rings. The molecule has 0 atom stereocenters. The van der Waals surface area contributed by atoms with Crippen LogP contribution in [0.2, 0.25) is 0 Å². The van der Waals surface area contributed by atoms with E-state index in [2.05, 4.69) is 16.7 Å². The number of benzene rings is 1. The molecule has 0 bridgehead atoms. The molecule has 1 aromatic rings. The van der Waals surface area contributed by atoms with E-state index in [1.165, 1.54) is 11.1 Å². The van der Waals surface area contributed by atoms with Gasteiger partial charge < -0.3 is 10.6 Å². The molecule has 0 aromatic heterocycles. The lowest BCUT2D eigenvalue weighted by Gasteiger charge is -2.14. The second-order valence-corrected chi connectivity index (χ2v) is 4.12. The van der Waals surface area contributed by atoms with Gasteiger partial charge >= 0.3 is 0 Å². The summed E-state index contributed by atoms with van der Waals surface area (Å²) in [6.45, 7) is 4.56. The van der Waals surface area contributed by atoms with E-state index in [1.54, 1.807) is 0 Å². The summed E-state index contributed by atoms with van der Waals surface area (Å²) in [7, 11) is 0. The van der Waals surface area contributed by atoms with Gasteiger partial charge in [0.1, 0.15) is 0 Å². The fourth-order valence-corrected chi connectivity index (χ4v) is 1.98. The topological polar surface area (TPSA) is 41.1 Å². The molecule has 2 N–H and O–H groups in total. The Labute approximate surface area is 102 Å². The predicted molar refractivity (Wildman–Crippen MR) is 69.9 cm³/mol. The van der Waals surface area contributed by atoms with Crippen molar-refractivity contribution >= 4 is 11.5 Å². The second-order valence-electron chi connectivity index (χ2n) is 4.12. The van der Waals surface area contributed by atoms with Gasteiger partial charge in [0.05, 0.1) is 0 Å². The lowest BCUT2D eigenvalue weighted by molar-refractivity contribution is 0.0956. The number of carbonyl (C=O) groups is 1. The second kappa shape index (κ2) is 5.64. The predicted octanol–water partition coefficient (Wildman–Crippen LogP) is 1.81. The van der Waals surface area contributed by atoms with Gasteiger partial charge in [-0.2, -0.15) is 0 Å². The molecule has 17 heavy (non-hydrogen) atoms. The maximum atomic E-state index is 11.6. The van der Waals surface area contributed by atoms with Gasteiger partial charge in [-0.15, -0.1) is 0 Å². The van der Waals surface area contributed by atoms with E-state index in [0.717, 1.165) is 25.1 Å². The minimum atomic E-state index is -0.00154. The number of amides is 1. The van der Waals surface area contributed by atoms with Crippen molar-refractivity contribution in [3.8, 4) is 0 Å². The van der Waals surface area contributed by atoms with Crippen LogP contribution in [0.1, 0.15) is 29.3 Å². The summed E-state index contributed by atoms with van der Waals surface area (Å²) in [4.78, 5) is 11.6. The maximum Gasteiger partial charge on any atom is 0.251 e. The van der Waals surface area contributed by atoms with E-state index < -0.39 is 0 Å². The molecule has 0 saturated heterocycles. The average Bonchev–Trinajstić information content (AvgIpc) is 2.40. The molecule has 1 aliphatic heterocycles. The third-order valence-electron chi connectivity index (χ3n) is 2.92. The summed E-state index contributed by atoms with van der Waals surface area (Å²) in [6, 6.07) is 7.84. The van der Waals surface area contributed by atoms with E-state index in [0.29, 0.717) is 6.54 Å². The lowest BCUT2D eigenvalue weighted by Crippen LogP contribution is -2.22. The standard InChI is InChI=1S/C14H18N2O/c1-2-16-14(17)13-5-3-11(4-6-13)12-7-9-15-10-8-12/h3-7,15H,2,8-10H2,1H3,(H,16,17). The summed E-state index contributed by atoms with van der Waals surface area (Å²) < 4.78 is 0. The Morgan fingerprint density at radius 1 is 1.35 bits per heavy atom. The van der Waals surface area contributed by atoms with Crippen molar-refractivity contribution in [3.05, 3.63) is 41.5 Å². The summed E-state index contributed by atoms with van der Waals surface area (Å²) >= 11 is 0. The van der Waals surface area contributed by atoms with Gasteiger partial charge in [0.15, 0.2) is 0 Å². The van der Waals surface area contributed by atoms with E-state index in [4.69, 9.17) is 0 Å².